The van der Waals surface area contributed by atoms with Crippen molar-refractivity contribution in [2.24, 2.45) is 0 Å². The topological polar surface area (TPSA) is 30.5 Å². The second kappa shape index (κ2) is 7.73. The minimum absolute atomic E-state index is 0.170. The van der Waals surface area contributed by atoms with Crippen molar-refractivity contribution in [1.29, 1.82) is 0 Å². The molecular formula is C22H24ClNO2. The molecule has 1 saturated heterocycles. The molecule has 4 heteroatoms. The highest BCUT2D eigenvalue weighted by Gasteiger charge is 2.41. The Balaban J connectivity index is 1.58. The highest BCUT2D eigenvalue weighted by Crippen LogP contribution is 2.43. The minimum atomic E-state index is -0.170. The Labute approximate surface area is 160 Å². The third kappa shape index (κ3) is 3.60. The van der Waals surface area contributed by atoms with Crippen LogP contribution in [0.25, 0.3) is 0 Å². The van der Waals surface area contributed by atoms with E-state index in [0.29, 0.717) is 0 Å². The predicted octanol–water partition coefficient (Wildman–Crippen LogP) is 5.36. The average molecular weight is 370 g/mol. The SMILES string of the molecule is Clc1ccc(C2(C3=COC=C(CC4=CC=CCC4)O3)CCNCC2)cc1. The van der Waals surface area contributed by atoms with Gasteiger partial charge in [-0.05, 0) is 56.5 Å². The Bertz CT molecular complexity index is 768. The third-order valence-electron chi connectivity index (χ3n) is 5.44. The second-order valence-electron chi connectivity index (χ2n) is 7.11. The van der Waals surface area contributed by atoms with Gasteiger partial charge in [-0.1, -0.05) is 47.5 Å². The van der Waals surface area contributed by atoms with Gasteiger partial charge in [-0.15, -0.1) is 0 Å². The van der Waals surface area contributed by atoms with E-state index in [9.17, 15) is 0 Å². The summed E-state index contributed by atoms with van der Waals surface area (Å²) in [6.45, 7) is 1.91. The third-order valence-corrected chi connectivity index (χ3v) is 5.69. The number of ether oxygens (including phenoxy) is 2. The lowest BCUT2D eigenvalue weighted by Gasteiger charge is -2.40. The van der Waals surface area contributed by atoms with E-state index in [1.165, 1.54) is 11.1 Å². The van der Waals surface area contributed by atoms with Crippen LogP contribution in [0.3, 0.4) is 0 Å². The van der Waals surface area contributed by atoms with Crippen molar-refractivity contribution in [3.8, 4) is 0 Å². The van der Waals surface area contributed by atoms with Gasteiger partial charge in [-0.2, -0.15) is 0 Å². The fourth-order valence-corrected chi connectivity index (χ4v) is 4.10. The first-order chi connectivity index (χ1) is 12.8. The van der Waals surface area contributed by atoms with Crippen LogP contribution in [0.4, 0.5) is 0 Å². The number of piperidine rings is 1. The first-order valence-corrected chi connectivity index (χ1v) is 9.68. The molecule has 0 spiro atoms. The monoisotopic (exact) mass is 369 g/mol. The summed E-state index contributed by atoms with van der Waals surface area (Å²) in [4.78, 5) is 0. The molecule has 136 valence electrons. The Kier molecular flexibility index (Phi) is 5.18. The second-order valence-corrected chi connectivity index (χ2v) is 7.55. The van der Waals surface area contributed by atoms with Gasteiger partial charge in [0.25, 0.3) is 0 Å². The molecular weight excluding hydrogens is 346 g/mol. The van der Waals surface area contributed by atoms with Crippen molar-refractivity contribution < 1.29 is 9.47 Å². The summed E-state index contributed by atoms with van der Waals surface area (Å²) in [7, 11) is 0. The normalized spacial score (nSPS) is 21.8. The molecule has 1 aromatic carbocycles. The van der Waals surface area contributed by atoms with Gasteiger partial charge in [0.1, 0.15) is 24.0 Å². The molecule has 26 heavy (non-hydrogen) atoms. The van der Waals surface area contributed by atoms with Crippen LogP contribution < -0.4 is 5.32 Å². The Hall–Kier alpha value is -1.97. The maximum Gasteiger partial charge on any atom is 0.149 e. The smallest absolute Gasteiger partial charge is 0.149 e. The maximum absolute atomic E-state index is 6.39. The van der Waals surface area contributed by atoms with E-state index < -0.39 is 0 Å². The maximum atomic E-state index is 6.39. The number of rotatable bonds is 4. The number of hydrogen-bond acceptors (Lipinski definition) is 3. The van der Waals surface area contributed by atoms with E-state index in [2.05, 4.69) is 35.7 Å². The molecule has 1 N–H and O–H groups in total. The highest BCUT2D eigenvalue weighted by molar-refractivity contribution is 6.30. The lowest BCUT2D eigenvalue weighted by molar-refractivity contribution is 0.149. The summed E-state index contributed by atoms with van der Waals surface area (Å²) in [5.74, 6) is 1.79. The number of nitrogens with one attached hydrogen (secondary N) is 1. The molecule has 2 aliphatic heterocycles. The van der Waals surface area contributed by atoms with Crippen molar-refractivity contribution in [2.45, 2.75) is 37.5 Å². The van der Waals surface area contributed by atoms with Crippen LogP contribution in [0, 0.1) is 0 Å². The van der Waals surface area contributed by atoms with Crippen molar-refractivity contribution in [1.82, 2.24) is 5.32 Å². The first-order valence-electron chi connectivity index (χ1n) is 9.31. The Morgan fingerprint density at radius 3 is 2.62 bits per heavy atom. The summed E-state index contributed by atoms with van der Waals surface area (Å²) in [5.41, 5.74) is 2.45. The molecule has 0 bridgehead atoms. The zero-order valence-corrected chi connectivity index (χ0v) is 15.6. The predicted molar refractivity (Wildman–Crippen MR) is 105 cm³/mol. The van der Waals surface area contributed by atoms with Gasteiger partial charge in [-0.3, -0.25) is 0 Å². The lowest BCUT2D eigenvalue weighted by Crippen LogP contribution is -2.42. The van der Waals surface area contributed by atoms with E-state index in [-0.39, 0.29) is 5.41 Å². The van der Waals surface area contributed by atoms with Crippen LogP contribution in [0.5, 0.6) is 0 Å². The fourth-order valence-electron chi connectivity index (χ4n) is 3.97. The Morgan fingerprint density at radius 1 is 1.08 bits per heavy atom. The number of halogens is 1. The molecule has 1 aliphatic carbocycles. The van der Waals surface area contributed by atoms with Gasteiger partial charge in [0.05, 0.1) is 5.41 Å². The largest absolute Gasteiger partial charge is 0.466 e. The number of benzene rings is 1. The molecule has 3 nitrogen and oxygen atoms in total. The molecule has 0 aromatic heterocycles. The van der Waals surface area contributed by atoms with Crippen LogP contribution in [0.2, 0.25) is 5.02 Å². The molecule has 0 atom stereocenters. The Morgan fingerprint density at radius 2 is 1.88 bits per heavy atom. The first kappa shape index (κ1) is 17.4. The molecule has 4 rings (SSSR count). The van der Waals surface area contributed by atoms with E-state index in [0.717, 1.165) is 61.7 Å². The molecule has 0 radical (unpaired) electrons. The van der Waals surface area contributed by atoms with E-state index in [1.807, 2.05) is 12.1 Å². The summed E-state index contributed by atoms with van der Waals surface area (Å²) in [6, 6.07) is 8.15. The van der Waals surface area contributed by atoms with Gasteiger partial charge in [0, 0.05) is 11.4 Å². The summed E-state index contributed by atoms with van der Waals surface area (Å²) >= 11 is 6.11. The van der Waals surface area contributed by atoms with Gasteiger partial charge >= 0.3 is 0 Å². The average Bonchev–Trinajstić information content (AvgIpc) is 2.70. The van der Waals surface area contributed by atoms with Crippen LogP contribution >= 0.6 is 11.6 Å². The molecule has 0 saturated carbocycles. The zero-order valence-electron chi connectivity index (χ0n) is 14.8. The van der Waals surface area contributed by atoms with Gasteiger partial charge in [-0.25, -0.2) is 0 Å². The van der Waals surface area contributed by atoms with Crippen molar-refractivity contribution >= 4 is 11.6 Å². The quantitative estimate of drug-likeness (QED) is 0.775. The molecule has 1 fully saturated rings. The van der Waals surface area contributed by atoms with Crippen LogP contribution in [0.1, 0.15) is 37.7 Å². The molecule has 0 unspecified atom stereocenters. The van der Waals surface area contributed by atoms with Crippen molar-refractivity contribution in [3.63, 3.8) is 0 Å². The molecule has 3 aliphatic rings. The van der Waals surface area contributed by atoms with Crippen molar-refractivity contribution in [3.05, 3.63) is 82.7 Å². The molecule has 1 aromatic rings. The van der Waals surface area contributed by atoms with E-state index in [4.69, 9.17) is 21.1 Å². The van der Waals surface area contributed by atoms with Gasteiger partial charge in [0.15, 0.2) is 0 Å². The fraction of sp³-hybridized carbons (Fsp3) is 0.364. The standard InChI is InChI=1S/C22H24ClNO2/c23-19-8-6-18(7-9-19)22(10-12-24-13-11-22)21-16-25-15-20(26-21)14-17-4-2-1-3-5-17/h1-2,4,6-9,15-16,24H,3,5,10-14H2. The molecule has 2 heterocycles. The van der Waals surface area contributed by atoms with E-state index >= 15 is 0 Å². The van der Waals surface area contributed by atoms with Crippen LogP contribution in [0.15, 0.2) is 72.1 Å². The summed E-state index contributed by atoms with van der Waals surface area (Å²) in [5, 5.41) is 4.21. The minimum Gasteiger partial charge on any atom is -0.466 e. The summed E-state index contributed by atoms with van der Waals surface area (Å²) < 4.78 is 12.1. The van der Waals surface area contributed by atoms with Gasteiger partial charge in [0.2, 0.25) is 0 Å². The highest BCUT2D eigenvalue weighted by atomic mass is 35.5. The zero-order chi connectivity index (χ0) is 17.8. The van der Waals surface area contributed by atoms with Crippen LogP contribution in [-0.4, -0.2) is 13.1 Å². The molecule has 0 amide bonds. The number of hydrogen-bond donors (Lipinski definition) is 1. The summed E-state index contributed by atoms with van der Waals surface area (Å²) in [6.07, 6.45) is 15.0. The lowest BCUT2D eigenvalue weighted by atomic mass is 9.71. The van der Waals surface area contributed by atoms with Crippen molar-refractivity contribution in [2.75, 3.05) is 13.1 Å². The number of allylic oxidation sites excluding steroid dienone is 5. The van der Waals surface area contributed by atoms with Crippen LogP contribution in [-0.2, 0) is 14.9 Å². The van der Waals surface area contributed by atoms with Gasteiger partial charge < -0.3 is 14.8 Å². The van der Waals surface area contributed by atoms with E-state index in [1.54, 1.807) is 12.5 Å².